The summed E-state index contributed by atoms with van der Waals surface area (Å²) in [6.07, 6.45) is 3.63. The quantitative estimate of drug-likeness (QED) is 0.805. The van der Waals surface area contributed by atoms with E-state index in [0.717, 1.165) is 25.7 Å². The number of rotatable bonds is 6. The van der Waals surface area contributed by atoms with Crippen LogP contribution in [-0.2, 0) is 14.6 Å². The Morgan fingerprint density at radius 2 is 1.78 bits per heavy atom. The molecule has 5 heteroatoms. The topological polar surface area (TPSA) is 63.2 Å². The monoisotopic (exact) mass is 275 g/mol. The maximum atomic E-state index is 12.0. The standard InChI is InChI=1S/C13H25NO3S/c1-10(2)11(3)14-13(15)8-9-18(16,17)12-6-4-5-7-12/h10-12H,4-9H2,1-3H3,(H,14,15)/t11-/m0/s1. The van der Waals surface area contributed by atoms with E-state index >= 15 is 0 Å². The number of sulfone groups is 1. The van der Waals surface area contributed by atoms with E-state index in [1.165, 1.54) is 0 Å². The molecule has 1 amide bonds. The van der Waals surface area contributed by atoms with E-state index in [0.29, 0.717) is 5.92 Å². The third-order valence-electron chi connectivity index (χ3n) is 3.81. The van der Waals surface area contributed by atoms with E-state index in [1.807, 2.05) is 20.8 Å². The number of amides is 1. The van der Waals surface area contributed by atoms with Gasteiger partial charge in [0, 0.05) is 12.5 Å². The molecule has 1 aliphatic rings. The van der Waals surface area contributed by atoms with Crippen molar-refractivity contribution in [3.05, 3.63) is 0 Å². The van der Waals surface area contributed by atoms with Crippen molar-refractivity contribution in [1.82, 2.24) is 5.32 Å². The lowest BCUT2D eigenvalue weighted by Gasteiger charge is -2.17. The number of hydrogen-bond donors (Lipinski definition) is 1. The molecule has 0 aromatic rings. The highest BCUT2D eigenvalue weighted by Crippen LogP contribution is 2.25. The fourth-order valence-corrected chi connectivity index (χ4v) is 4.00. The minimum Gasteiger partial charge on any atom is -0.353 e. The van der Waals surface area contributed by atoms with E-state index in [1.54, 1.807) is 0 Å². The van der Waals surface area contributed by atoms with E-state index in [-0.39, 0.29) is 29.4 Å². The highest BCUT2D eigenvalue weighted by Gasteiger charge is 2.28. The fraction of sp³-hybridized carbons (Fsp3) is 0.923. The van der Waals surface area contributed by atoms with Crippen LogP contribution in [0.3, 0.4) is 0 Å². The first kappa shape index (κ1) is 15.5. The molecule has 0 spiro atoms. The summed E-state index contributed by atoms with van der Waals surface area (Å²) in [5, 5.41) is 2.64. The van der Waals surface area contributed by atoms with Gasteiger partial charge in [-0.25, -0.2) is 8.42 Å². The second-order valence-electron chi connectivity index (χ2n) is 5.62. The molecule has 0 radical (unpaired) electrons. The normalized spacial score (nSPS) is 19.1. The smallest absolute Gasteiger partial charge is 0.221 e. The minimum absolute atomic E-state index is 0.00564. The Kier molecular flexibility index (Phi) is 5.63. The van der Waals surface area contributed by atoms with Gasteiger partial charge in [-0.15, -0.1) is 0 Å². The van der Waals surface area contributed by atoms with Crippen LogP contribution in [0.25, 0.3) is 0 Å². The molecule has 1 N–H and O–H groups in total. The second kappa shape index (κ2) is 6.55. The third kappa shape index (κ3) is 4.59. The van der Waals surface area contributed by atoms with Crippen molar-refractivity contribution in [3.63, 3.8) is 0 Å². The molecule has 0 aliphatic heterocycles. The van der Waals surface area contributed by atoms with Crippen LogP contribution in [0.15, 0.2) is 0 Å². The molecule has 106 valence electrons. The van der Waals surface area contributed by atoms with Gasteiger partial charge in [-0.05, 0) is 25.7 Å². The predicted octanol–water partition coefficient (Wildman–Crippen LogP) is 1.89. The molecule has 4 nitrogen and oxygen atoms in total. The van der Waals surface area contributed by atoms with Crippen molar-refractivity contribution in [3.8, 4) is 0 Å². The van der Waals surface area contributed by atoms with Crippen molar-refractivity contribution in [1.29, 1.82) is 0 Å². The number of carbonyl (C=O) groups is 1. The molecule has 1 atom stereocenters. The number of carbonyl (C=O) groups excluding carboxylic acids is 1. The lowest BCUT2D eigenvalue weighted by atomic mass is 10.1. The van der Waals surface area contributed by atoms with Crippen LogP contribution >= 0.6 is 0 Å². The molecule has 1 fully saturated rings. The highest BCUT2D eigenvalue weighted by atomic mass is 32.2. The number of hydrogen-bond acceptors (Lipinski definition) is 3. The maximum absolute atomic E-state index is 12.0. The zero-order chi connectivity index (χ0) is 13.8. The zero-order valence-electron chi connectivity index (χ0n) is 11.6. The SMILES string of the molecule is CC(C)[C@H](C)NC(=O)CCS(=O)(=O)C1CCCC1. The maximum Gasteiger partial charge on any atom is 0.221 e. The van der Waals surface area contributed by atoms with Crippen LogP contribution in [0.1, 0.15) is 52.9 Å². The van der Waals surface area contributed by atoms with E-state index in [4.69, 9.17) is 0 Å². The first-order valence-corrected chi connectivity index (χ1v) is 8.55. The first-order valence-electron chi connectivity index (χ1n) is 6.84. The van der Waals surface area contributed by atoms with Crippen LogP contribution in [0.2, 0.25) is 0 Å². The molecular weight excluding hydrogens is 250 g/mol. The Bertz CT molecular complexity index is 370. The summed E-state index contributed by atoms with van der Waals surface area (Å²) < 4.78 is 24.0. The molecule has 18 heavy (non-hydrogen) atoms. The zero-order valence-corrected chi connectivity index (χ0v) is 12.4. The van der Waals surface area contributed by atoms with Gasteiger partial charge in [0.1, 0.15) is 0 Å². The van der Waals surface area contributed by atoms with Gasteiger partial charge >= 0.3 is 0 Å². The molecular formula is C13H25NO3S. The van der Waals surface area contributed by atoms with E-state index < -0.39 is 9.84 Å². The molecule has 0 aromatic carbocycles. The number of nitrogens with one attached hydrogen (secondary N) is 1. The summed E-state index contributed by atoms with van der Waals surface area (Å²) in [7, 11) is -3.07. The van der Waals surface area contributed by atoms with Gasteiger partial charge in [-0.3, -0.25) is 4.79 Å². The van der Waals surface area contributed by atoms with Crippen molar-refractivity contribution in [2.45, 2.75) is 64.2 Å². The van der Waals surface area contributed by atoms with Crippen LogP contribution < -0.4 is 5.32 Å². The summed E-state index contributed by atoms with van der Waals surface area (Å²) in [5.74, 6) is 0.201. The molecule has 1 aliphatic carbocycles. The Morgan fingerprint density at radius 1 is 1.22 bits per heavy atom. The average Bonchev–Trinajstić information content (AvgIpc) is 2.80. The van der Waals surface area contributed by atoms with Crippen LogP contribution in [0.4, 0.5) is 0 Å². The Labute approximate surface area is 110 Å². The molecule has 1 rings (SSSR count). The summed E-state index contributed by atoms with van der Waals surface area (Å²) in [5.41, 5.74) is 0. The average molecular weight is 275 g/mol. The minimum atomic E-state index is -3.07. The Balaban J connectivity index is 2.37. The summed E-state index contributed by atoms with van der Waals surface area (Å²) in [4.78, 5) is 11.6. The van der Waals surface area contributed by atoms with Gasteiger partial charge in [-0.1, -0.05) is 26.7 Å². The molecule has 0 bridgehead atoms. The van der Waals surface area contributed by atoms with Gasteiger partial charge in [0.25, 0.3) is 0 Å². The second-order valence-corrected chi connectivity index (χ2v) is 8.02. The van der Waals surface area contributed by atoms with Crippen molar-refractivity contribution in [2.24, 2.45) is 5.92 Å². The van der Waals surface area contributed by atoms with Crippen molar-refractivity contribution < 1.29 is 13.2 Å². The summed E-state index contributed by atoms with van der Waals surface area (Å²) in [6, 6.07) is 0.0895. The molecule has 1 saturated carbocycles. The van der Waals surface area contributed by atoms with Gasteiger partial charge in [0.15, 0.2) is 9.84 Å². The van der Waals surface area contributed by atoms with Crippen LogP contribution in [0, 0.1) is 5.92 Å². The molecule has 0 saturated heterocycles. The van der Waals surface area contributed by atoms with E-state index in [2.05, 4.69) is 5.32 Å². The largest absolute Gasteiger partial charge is 0.353 e. The van der Waals surface area contributed by atoms with Crippen LogP contribution in [0.5, 0.6) is 0 Å². The van der Waals surface area contributed by atoms with E-state index in [9.17, 15) is 13.2 Å². The third-order valence-corrected chi connectivity index (χ3v) is 6.07. The summed E-state index contributed by atoms with van der Waals surface area (Å²) >= 11 is 0. The van der Waals surface area contributed by atoms with Gasteiger partial charge in [-0.2, -0.15) is 0 Å². The fourth-order valence-electron chi connectivity index (χ4n) is 2.14. The first-order chi connectivity index (χ1) is 8.33. The van der Waals surface area contributed by atoms with Gasteiger partial charge in [0.05, 0.1) is 11.0 Å². The van der Waals surface area contributed by atoms with Gasteiger partial charge < -0.3 is 5.32 Å². The van der Waals surface area contributed by atoms with Crippen LogP contribution in [-0.4, -0.2) is 31.4 Å². The Morgan fingerprint density at radius 3 is 2.28 bits per heavy atom. The van der Waals surface area contributed by atoms with Crippen molar-refractivity contribution in [2.75, 3.05) is 5.75 Å². The molecule has 0 heterocycles. The lowest BCUT2D eigenvalue weighted by Crippen LogP contribution is -2.37. The molecule has 0 aromatic heterocycles. The summed E-state index contributed by atoms with van der Waals surface area (Å²) in [6.45, 7) is 5.99. The molecule has 0 unspecified atom stereocenters. The van der Waals surface area contributed by atoms with Crippen molar-refractivity contribution >= 4 is 15.7 Å². The highest BCUT2D eigenvalue weighted by molar-refractivity contribution is 7.92. The lowest BCUT2D eigenvalue weighted by molar-refractivity contribution is -0.121. The van der Waals surface area contributed by atoms with Gasteiger partial charge in [0.2, 0.25) is 5.91 Å². The predicted molar refractivity (Wildman–Crippen MR) is 73.1 cm³/mol. The Hall–Kier alpha value is -0.580.